The summed E-state index contributed by atoms with van der Waals surface area (Å²) in [5.74, 6) is -1.42. The van der Waals surface area contributed by atoms with Crippen LogP contribution in [0, 0.1) is 11.6 Å². The van der Waals surface area contributed by atoms with E-state index in [1.807, 2.05) is 0 Å². The molecular weight excluding hydrogens is 414 g/mol. The number of benzene rings is 1. The van der Waals surface area contributed by atoms with Crippen LogP contribution in [0.5, 0.6) is 0 Å². The van der Waals surface area contributed by atoms with E-state index in [1.54, 1.807) is 30.2 Å². The molecule has 1 unspecified atom stereocenters. The molecule has 3 heterocycles. The molecule has 2 N–H and O–H groups in total. The van der Waals surface area contributed by atoms with E-state index in [2.05, 4.69) is 15.1 Å². The number of nitrogens with two attached hydrogens (primary N) is 1. The molecule has 152 valence electrons. The van der Waals surface area contributed by atoms with Crippen LogP contribution in [-0.4, -0.2) is 24.3 Å². The summed E-state index contributed by atoms with van der Waals surface area (Å²) in [6, 6.07) is 6.42. The summed E-state index contributed by atoms with van der Waals surface area (Å²) < 4.78 is 31.2. The number of halogens is 3. The van der Waals surface area contributed by atoms with Crippen LogP contribution >= 0.6 is 11.6 Å². The van der Waals surface area contributed by atoms with Gasteiger partial charge in [-0.3, -0.25) is 9.48 Å². The summed E-state index contributed by atoms with van der Waals surface area (Å²) >= 11 is 5.81. The zero-order chi connectivity index (χ0) is 21.4. The first-order chi connectivity index (χ1) is 14.3. The van der Waals surface area contributed by atoms with Gasteiger partial charge in [0.2, 0.25) is 5.95 Å². The molecule has 10 heteroatoms. The molecule has 0 aliphatic heterocycles. The monoisotopic (exact) mass is 428 g/mol. The van der Waals surface area contributed by atoms with E-state index >= 15 is 0 Å². The number of nitrogens with zero attached hydrogens (tertiary/aromatic N) is 5. The molecule has 0 bridgehead atoms. The summed E-state index contributed by atoms with van der Waals surface area (Å²) in [4.78, 5) is 20.4. The molecule has 4 aromatic rings. The summed E-state index contributed by atoms with van der Waals surface area (Å²) in [5, 5.41) is 4.12. The van der Waals surface area contributed by atoms with Gasteiger partial charge in [-0.25, -0.2) is 18.7 Å². The highest BCUT2D eigenvalue weighted by atomic mass is 35.5. The van der Waals surface area contributed by atoms with Crippen LogP contribution in [0.15, 0.2) is 59.9 Å². The maximum Gasteiger partial charge on any atom is 0.252 e. The van der Waals surface area contributed by atoms with Crippen molar-refractivity contribution in [3.63, 3.8) is 0 Å². The molecule has 3 aromatic heterocycles. The van der Waals surface area contributed by atoms with Crippen LogP contribution in [0.1, 0.15) is 17.2 Å². The van der Waals surface area contributed by atoms with Gasteiger partial charge < -0.3 is 10.3 Å². The Hall–Kier alpha value is -3.59. The van der Waals surface area contributed by atoms with Gasteiger partial charge in [-0.2, -0.15) is 5.10 Å². The number of pyridine rings is 1. The van der Waals surface area contributed by atoms with Gasteiger partial charge in [0.15, 0.2) is 5.82 Å². The summed E-state index contributed by atoms with van der Waals surface area (Å²) in [7, 11) is 1.73. The predicted octanol–water partition coefficient (Wildman–Crippen LogP) is 3.19. The standard InChI is InChI=1S/C20H15ClF2N6O/c1-28-10-13(8-26-28)19(12-2-3-14(21)15(22)6-12)29-5-4-11(7-17(29)30)18-16(23)9-25-20(24)27-18/h2-10,19H,1H3,(H2,24,25,27). The first-order valence-corrected chi connectivity index (χ1v) is 9.15. The Morgan fingerprint density at radius 1 is 1.10 bits per heavy atom. The normalized spacial score (nSPS) is 12.1. The van der Waals surface area contributed by atoms with Crippen LogP contribution in [-0.2, 0) is 7.05 Å². The molecule has 0 fully saturated rings. The Morgan fingerprint density at radius 2 is 1.90 bits per heavy atom. The predicted molar refractivity (Wildman–Crippen MR) is 108 cm³/mol. The quantitative estimate of drug-likeness (QED) is 0.539. The molecule has 1 aromatic carbocycles. The molecule has 0 radical (unpaired) electrons. The van der Waals surface area contributed by atoms with Gasteiger partial charge in [0, 0.05) is 36.6 Å². The molecule has 0 saturated carbocycles. The number of aryl methyl sites for hydroxylation is 1. The smallest absolute Gasteiger partial charge is 0.252 e. The first-order valence-electron chi connectivity index (χ1n) is 8.77. The van der Waals surface area contributed by atoms with Crippen molar-refractivity contribution in [3.05, 3.63) is 93.3 Å². The first kappa shape index (κ1) is 19.7. The zero-order valence-electron chi connectivity index (χ0n) is 15.6. The van der Waals surface area contributed by atoms with E-state index < -0.39 is 23.2 Å². The molecule has 0 aliphatic carbocycles. The minimum absolute atomic E-state index is 0.0248. The van der Waals surface area contributed by atoms with E-state index in [0.29, 0.717) is 11.1 Å². The van der Waals surface area contributed by atoms with Crippen molar-refractivity contribution in [2.45, 2.75) is 6.04 Å². The second kappa shape index (κ2) is 7.68. The molecule has 0 saturated heterocycles. The SMILES string of the molecule is Cn1cc(C(c2ccc(Cl)c(F)c2)n2ccc(-c3nc(N)ncc3F)cc2=O)cn1. The van der Waals surface area contributed by atoms with Gasteiger partial charge >= 0.3 is 0 Å². The Balaban J connectivity index is 1.86. The highest BCUT2D eigenvalue weighted by molar-refractivity contribution is 6.30. The van der Waals surface area contributed by atoms with Gasteiger partial charge in [-0.05, 0) is 23.8 Å². The van der Waals surface area contributed by atoms with Crippen molar-refractivity contribution in [3.8, 4) is 11.3 Å². The van der Waals surface area contributed by atoms with Crippen molar-refractivity contribution in [2.24, 2.45) is 7.05 Å². The van der Waals surface area contributed by atoms with Crippen LogP contribution < -0.4 is 11.3 Å². The summed E-state index contributed by atoms with van der Waals surface area (Å²) in [6.45, 7) is 0. The lowest BCUT2D eigenvalue weighted by Gasteiger charge is -2.20. The Bertz CT molecular complexity index is 1300. The fourth-order valence-corrected chi connectivity index (χ4v) is 3.33. The largest absolute Gasteiger partial charge is 0.368 e. The average molecular weight is 429 g/mol. The van der Waals surface area contributed by atoms with Crippen molar-refractivity contribution in [1.82, 2.24) is 24.3 Å². The third-order valence-electron chi connectivity index (χ3n) is 4.56. The Kier molecular flexibility index (Phi) is 5.04. The third kappa shape index (κ3) is 3.67. The minimum atomic E-state index is -0.704. The molecule has 0 amide bonds. The van der Waals surface area contributed by atoms with Gasteiger partial charge in [-0.15, -0.1) is 0 Å². The molecule has 0 aliphatic rings. The fraction of sp³-hybridized carbons (Fsp3) is 0.100. The number of aromatic nitrogens is 5. The van der Waals surface area contributed by atoms with Crippen LogP contribution in [0.4, 0.5) is 14.7 Å². The van der Waals surface area contributed by atoms with E-state index in [1.165, 1.54) is 35.0 Å². The lowest BCUT2D eigenvalue weighted by Crippen LogP contribution is -2.25. The van der Waals surface area contributed by atoms with E-state index in [9.17, 15) is 13.6 Å². The number of hydrogen-bond acceptors (Lipinski definition) is 5. The second-order valence-electron chi connectivity index (χ2n) is 6.61. The highest BCUT2D eigenvalue weighted by Crippen LogP contribution is 2.29. The topological polar surface area (TPSA) is 91.6 Å². The van der Waals surface area contributed by atoms with E-state index in [4.69, 9.17) is 17.3 Å². The van der Waals surface area contributed by atoms with Crippen molar-refractivity contribution < 1.29 is 8.78 Å². The second-order valence-corrected chi connectivity index (χ2v) is 7.02. The van der Waals surface area contributed by atoms with Crippen LogP contribution in [0.2, 0.25) is 5.02 Å². The maximum atomic E-state index is 14.1. The molecule has 0 spiro atoms. The van der Waals surface area contributed by atoms with Crippen molar-refractivity contribution in [1.29, 1.82) is 0 Å². The maximum absolute atomic E-state index is 14.1. The molecule has 1 atom stereocenters. The summed E-state index contributed by atoms with van der Waals surface area (Å²) in [5.41, 5.74) is 6.40. The van der Waals surface area contributed by atoms with E-state index in [-0.39, 0.29) is 22.2 Å². The molecular formula is C20H15ClF2N6O. The molecule has 7 nitrogen and oxygen atoms in total. The van der Waals surface area contributed by atoms with Gasteiger partial charge in [0.05, 0.1) is 23.5 Å². The average Bonchev–Trinajstić information content (AvgIpc) is 3.14. The number of nitrogen functional groups attached to an aromatic ring is 1. The lowest BCUT2D eigenvalue weighted by molar-refractivity contribution is 0.608. The van der Waals surface area contributed by atoms with Crippen LogP contribution in [0.25, 0.3) is 11.3 Å². The van der Waals surface area contributed by atoms with Gasteiger partial charge in [-0.1, -0.05) is 17.7 Å². The Labute approximate surface area is 174 Å². The molecule has 4 rings (SSSR count). The third-order valence-corrected chi connectivity index (χ3v) is 4.87. The van der Waals surface area contributed by atoms with Gasteiger partial charge in [0.25, 0.3) is 5.56 Å². The number of hydrogen-bond donors (Lipinski definition) is 1. The van der Waals surface area contributed by atoms with Crippen molar-refractivity contribution in [2.75, 3.05) is 5.73 Å². The lowest BCUT2D eigenvalue weighted by atomic mass is 10.0. The van der Waals surface area contributed by atoms with Crippen molar-refractivity contribution >= 4 is 17.5 Å². The minimum Gasteiger partial charge on any atom is -0.368 e. The summed E-state index contributed by atoms with van der Waals surface area (Å²) in [6.07, 6.45) is 5.74. The number of rotatable bonds is 4. The van der Waals surface area contributed by atoms with Crippen LogP contribution in [0.3, 0.4) is 0 Å². The van der Waals surface area contributed by atoms with Gasteiger partial charge in [0.1, 0.15) is 11.5 Å². The zero-order valence-corrected chi connectivity index (χ0v) is 16.4. The molecule has 30 heavy (non-hydrogen) atoms. The fourth-order valence-electron chi connectivity index (χ4n) is 3.21. The number of anilines is 1. The Morgan fingerprint density at radius 3 is 2.57 bits per heavy atom. The highest BCUT2D eigenvalue weighted by Gasteiger charge is 2.21. The van der Waals surface area contributed by atoms with E-state index in [0.717, 1.165) is 6.20 Å².